The Morgan fingerprint density at radius 1 is 0.917 bits per heavy atom. The van der Waals surface area contributed by atoms with Gasteiger partial charge in [0.2, 0.25) is 0 Å². The predicted molar refractivity (Wildman–Crippen MR) is 31.2 cm³/mol. The van der Waals surface area contributed by atoms with Crippen LogP contribution in [0, 0.1) is 0 Å². The third-order valence-corrected chi connectivity index (χ3v) is 0.454. The van der Waals surface area contributed by atoms with E-state index in [0.717, 1.165) is 13.8 Å². The summed E-state index contributed by atoms with van der Waals surface area (Å²) >= 11 is 0. The molecule has 0 N–H and O–H groups in total. The van der Waals surface area contributed by atoms with Gasteiger partial charge in [-0.3, -0.25) is 9.59 Å². The second kappa shape index (κ2) is 9.70. The molecule has 0 saturated heterocycles. The molecule has 7 heteroatoms. The van der Waals surface area contributed by atoms with Crippen LogP contribution in [0.2, 0.25) is 0 Å². The molecule has 0 spiro atoms. The Morgan fingerprint density at radius 2 is 1.17 bits per heavy atom. The zero-order valence-corrected chi connectivity index (χ0v) is 11.5. The van der Waals surface area contributed by atoms with Gasteiger partial charge in [0.05, 0.1) is 0 Å². The summed E-state index contributed by atoms with van der Waals surface area (Å²) in [4.78, 5) is 30.2. The van der Waals surface area contributed by atoms with Crippen molar-refractivity contribution in [3.05, 3.63) is 0 Å². The quantitative estimate of drug-likeness (QED) is 0.218. The number of hydrogen-bond acceptors (Lipinski definition) is 5. The molecule has 0 heterocycles. The van der Waals surface area contributed by atoms with Crippen molar-refractivity contribution in [3.8, 4) is 0 Å². The molecule has 0 amide bonds. The van der Waals surface area contributed by atoms with E-state index in [1.54, 1.807) is 0 Å². The molecular formula is C5H8Na2O5. The molecule has 0 aliphatic carbocycles. The second-order valence-electron chi connectivity index (χ2n) is 1.44. The first kappa shape index (κ1) is 18.4. The minimum Gasteiger partial charge on any atom is -1.00 e. The fourth-order valence-electron chi connectivity index (χ4n) is 0.256. The Bertz CT molecular complexity index is 169. The summed E-state index contributed by atoms with van der Waals surface area (Å²) in [6.45, 7) is 2.06. The first-order chi connectivity index (χ1) is 4.52. The van der Waals surface area contributed by atoms with Gasteiger partial charge in [-0.05, 0) is 0 Å². The van der Waals surface area contributed by atoms with Crippen LogP contribution in [-0.2, 0) is 19.1 Å². The third-order valence-electron chi connectivity index (χ3n) is 0.454. The topological polar surface area (TPSA) is 69.7 Å². The van der Waals surface area contributed by atoms with E-state index in [0.29, 0.717) is 0 Å². The fourth-order valence-corrected chi connectivity index (χ4v) is 0.256. The average Bonchev–Trinajstić information content (AvgIpc) is 1.58. The largest absolute Gasteiger partial charge is 1.00 e. The van der Waals surface area contributed by atoms with Crippen molar-refractivity contribution in [2.75, 3.05) is 0 Å². The monoisotopic (exact) mass is 194 g/mol. The van der Waals surface area contributed by atoms with Crippen molar-refractivity contribution in [2.24, 2.45) is 0 Å². The van der Waals surface area contributed by atoms with E-state index in [2.05, 4.69) is 9.47 Å². The number of esters is 2. The van der Waals surface area contributed by atoms with Gasteiger partial charge in [-0.1, -0.05) is 0 Å². The van der Waals surface area contributed by atoms with Gasteiger partial charge in [0.15, 0.2) is 0 Å². The van der Waals surface area contributed by atoms with Gasteiger partial charge in [0.25, 0.3) is 0 Å². The van der Waals surface area contributed by atoms with E-state index in [4.69, 9.17) is 0 Å². The minimum absolute atomic E-state index is 0. The van der Waals surface area contributed by atoms with Gasteiger partial charge in [-0.25, -0.2) is 4.79 Å². The number of hydrogen-bond donors (Lipinski definition) is 0. The maximum atomic E-state index is 10.2. The Morgan fingerprint density at radius 3 is 1.33 bits per heavy atom. The Kier molecular flexibility index (Phi) is 14.9. The zero-order chi connectivity index (χ0) is 8.15. The normalized spacial score (nSPS) is 6.83. The number of rotatable bonds is 0. The molecule has 0 saturated carbocycles. The van der Waals surface area contributed by atoms with Gasteiger partial charge in [-0.15, -0.1) is 0 Å². The first-order valence-corrected chi connectivity index (χ1v) is 2.43. The molecule has 0 aromatic heterocycles. The molecule has 60 valence electrons. The maximum Gasteiger partial charge on any atom is 1.00 e. The molecule has 0 unspecified atom stereocenters. The first-order valence-electron chi connectivity index (χ1n) is 2.43. The van der Waals surface area contributed by atoms with Crippen LogP contribution >= 0.6 is 0 Å². The standard InChI is InChI=1S/C5H6O5.2Na.2H/c1-3(6)9-5(8)10-4(2)7;;;;/h1-2H3;;;;/q;2*+1;2*-1. The molecular weight excluding hydrogens is 186 g/mol. The minimum atomic E-state index is -1.29. The summed E-state index contributed by atoms with van der Waals surface area (Å²) < 4.78 is 7.68. The van der Waals surface area contributed by atoms with E-state index in [1.807, 2.05) is 0 Å². The van der Waals surface area contributed by atoms with Gasteiger partial charge in [0, 0.05) is 13.8 Å². The van der Waals surface area contributed by atoms with Crippen molar-refractivity contribution < 1.29 is 85.8 Å². The summed E-state index contributed by atoms with van der Waals surface area (Å²) in [5.74, 6) is -1.63. The number of carbonyl (C=O) groups is 3. The van der Waals surface area contributed by atoms with Gasteiger partial charge >= 0.3 is 77.2 Å². The van der Waals surface area contributed by atoms with Crippen molar-refractivity contribution in [2.45, 2.75) is 13.8 Å². The molecule has 0 atom stereocenters. The van der Waals surface area contributed by atoms with E-state index in [9.17, 15) is 14.4 Å². The molecule has 0 aromatic carbocycles. The Hall–Kier alpha value is 0.610. The average molecular weight is 194 g/mol. The van der Waals surface area contributed by atoms with Crippen LogP contribution < -0.4 is 59.1 Å². The van der Waals surface area contributed by atoms with Crippen LogP contribution in [0.3, 0.4) is 0 Å². The fraction of sp³-hybridized carbons (Fsp3) is 0.400. The predicted octanol–water partition coefficient (Wildman–Crippen LogP) is -5.53. The van der Waals surface area contributed by atoms with E-state index in [-0.39, 0.29) is 62.0 Å². The number of carbonyl (C=O) groups excluding carboxylic acids is 3. The Balaban J connectivity index is -0.0000000675. The van der Waals surface area contributed by atoms with Crippen molar-refractivity contribution >= 4 is 18.1 Å². The summed E-state index contributed by atoms with van der Waals surface area (Å²) in [5.41, 5.74) is 0. The molecule has 0 radical (unpaired) electrons. The van der Waals surface area contributed by atoms with Crippen molar-refractivity contribution in [1.82, 2.24) is 0 Å². The van der Waals surface area contributed by atoms with Crippen LogP contribution in [0.1, 0.15) is 16.7 Å². The Labute approximate surface area is 117 Å². The van der Waals surface area contributed by atoms with Crippen LogP contribution in [-0.4, -0.2) is 18.1 Å². The maximum absolute atomic E-state index is 10.2. The number of ether oxygens (including phenoxy) is 2. The summed E-state index contributed by atoms with van der Waals surface area (Å²) in [6, 6.07) is 0. The second-order valence-corrected chi connectivity index (χ2v) is 1.44. The molecule has 0 fully saturated rings. The summed E-state index contributed by atoms with van der Waals surface area (Å²) in [7, 11) is 0. The zero-order valence-electron chi connectivity index (χ0n) is 9.54. The van der Waals surface area contributed by atoms with E-state index >= 15 is 0 Å². The van der Waals surface area contributed by atoms with Crippen LogP contribution in [0.25, 0.3) is 0 Å². The summed E-state index contributed by atoms with van der Waals surface area (Å²) in [5, 5.41) is 0. The van der Waals surface area contributed by atoms with Gasteiger partial charge in [0.1, 0.15) is 0 Å². The van der Waals surface area contributed by atoms with Gasteiger partial charge in [-0.2, -0.15) is 0 Å². The van der Waals surface area contributed by atoms with Crippen molar-refractivity contribution in [1.29, 1.82) is 0 Å². The molecule has 12 heavy (non-hydrogen) atoms. The van der Waals surface area contributed by atoms with Crippen LogP contribution in [0.5, 0.6) is 0 Å². The van der Waals surface area contributed by atoms with Crippen LogP contribution in [0.4, 0.5) is 4.79 Å². The molecule has 0 aliphatic heterocycles. The SMILES string of the molecule is CC(=O)OC(=O)OC(C)=O.[H-].[H-].[Na+].[Na+]. The van der Waals surface area contributed by atoms with E-state index < -0.39 is 18.1 Å². The molecule has 0 rings (SSSR count). The smallest absolute Gasteiger partial charge is 1.00 e. The molecule has 0 aromatic rings. The van der Waals surface area contributed by atoms with Crippen LogP contribution in [0.15, 0.2) is 0 Å². The summed E-state index contributed by atoms with van der Waals surface area (Å²) in [6.07, 6.45) is -1.29. The molecule has 0 bridgehead atoms. The van der Waals surface area contributed by atoms with E-state index in [1.165, 1.54) is 0 Å². The van der Waals surface area contributed by atoms with Gasteiger partial charge < -0.3 is 12.3 Å². The molecule has 0 aliphatic rings. The third kappa shape index (κ3) is 13.2. The van der Waals surface area contributed by atoms with Crippen molar-refractivity contribution in [3.63, 3.8) is 0 Å². The molecule has 5 nitrogen and oxygen atoms in total.